The molecule has 0 unspecified atom stereocenters. The van der Waals surface area contributed by atoms with Crippen molar-refractivity contribution in [3.05, 3.63) is 33.8 Å². The van der Waals surface area contributed by atoms with Crippen molar-refractivity contribution in [1.82, 2.24) is 0 Å². The zero-order valence-corrected chi connectivity index (χ0v) is 10.3. The Morgan fingerprint density at radius 3 is 2.47 bits per heavy atom. The smallest absolute Gasteiger partial charge is 0.166 e. The van der Waals surface area contributed by atoms with E-state index in [4.69, 9.17) is 11.6 Å². The summed E-state index contributed by atoms with van der Waals surface area (Å²) in [7, 11) is 0. The first-order valence-corrected chi connectivity index (χ1v) is 6.12. The number of halogens is 4. The van der Waals surface area contributed by atoms with Crippen molar-refractivity contribution in [3.8, 4) is 0 Å². The molecule has 1 aromatic carbocycles. The maximum atomic E-state index is 12.7. The van der Waals surface area contributed by atoms with Crippen LogP contribution in [0.1, 0.15) is 36.0 Å². The molecule has 0 aliphatic heterocycles. The molecule has 1 aliphatic carbocycles. The number of benzene rings is 1. The molecule has 0 aromatic heterocycles. The lowest BCUT2D eigenvalue weighted by Crippen LogP contribution is -2.08. The number of aryl methyl sites for hydroxylation is 2. The third-order valence-electron chi connectivity index (χ3n) is 3.12. The lowest BCUT2D eigenvalue weighted by molar-refractivity contribution is -0.137. The van der Waals surface area contributed by atoms with E-state index in [1.807, 2.05) is 0 Å². The predicted octanol–water partition coefficient (Wildman–Crippen LogP) is 5.01. The Balaban J connectivity index is 2.27. The molecular weight excluding hydrogens is 249 g/mol. The molecule has 94 valence electrons. The molecule has 0 N–H and O–H groups in total. The fourth-order valence-electron chi connectivity index (χ4n) is 2.00. The average Bonchev–Trinajstić information content (AvgIpc) is 3.01. The van der Waals surface area contributed by atoms with Gasteiger partial charge in [-0.1, -0.05) is 36.1 Å². The summed E-state index contributed by atoms with van der Waals surface area (Å²) in [4.78, 5) is 0. The Morgan fingerprint density at radius 1 is 1.29 bits per heavy atom. The molecule has 1 fully saturated rings. The highest BCUT2D eigenvalue weighted by Crippen LogP contribution is 2.39. The molecule has 1 aromatic rings. The minimum atomic E-state index is -4.36. The minimum Gasteiger partial charge on any atom is -0.166 e. The standard InChI is InChI=1S/C13H14ClF3/c1-8-6-10(5-4-9-2-3-9)12(14)11(7-8)13(15,16)17/h6-7,9H,2-5H2,1H3. The van der Waals surface area contributed by atoms with Gasteiger partial charge >= 0.3 is 6.18 Å². The Kier molecular flexibility index (Phi) is 3.39. The van der Waals surface area contributed by atoms with Crippen LogP contribution in [0.2, 0.25) is 5.02 Å². The fraction of sp³-hybridized carbons (Fsp3) is 0.538. The summed E-state index contributed by atoms with van der Waals surface area (Å²) < 4.78 is 38.2. The van der Waals surface area contributed by atoms with Gasteiger partial charge in [0.2, 0.25) is 0 Å². The lowest BCUT2D eigenvalue weighted by atomic mass is 10.0. The van der Waals surface area contributed by atoms with Gasteiger partial charge in [-0.2, -0.15) is 13.2 Å². The molecule has 0 nitrogen and oxygen atoms in total. The van der Waals surface area contributed by atoms with Gasteiger partial charge in [0, 0.05) is 0 Å². The lowest BCUT2D eigenvalue weighted by Gasteiger charge is -2.14. The molecule has 0 radical (unpaired) electrons. The molecule has 0 spiro atoms. The molecule has 0 amide bonds. The average molecular weight is 263 g/mol. The molecular formula is C13H14ClF3. The summed E-state index contributed by atoms with van der Waals surface area (Å²) in [5, 5.41) is -0.122. The molecule has 0 atom stereocenters. The topological polar surface area (TPSA) is 0 Å². The minimum absolute atomic E-state index is 0.122. The van der Waals surface area contributed by atoms with Crippen LogP contribution in [0.25, 0.3) is 0 Å². The summed E-state index contributed by atoms with van der Waals surface area (Å²) in [6.45, 7) is 1.67. The Hall–Kier alpha value is -0.700. The van der Waals surface area contributed by atoms with Crippen LogP contribution in [0.15, 0.2) is 12.1 Å². The zero-order chi connectivity index (χ0) is 12.6. The molecule has 17 heavy (non-hydrogen) atoms. The van der Waals surface area contributed by atoms with E-state index < -0.39 is 11.7 Å². The van der Waals surface area contributed by atoms with Gasteiger partial charge in [0.25, 0.3) is 0 Å². The van der Waals surface area contributed by atoms with Crippen LogP contribution < -0.4 is 0 Å². The van der Waals surface area contributed by atoms with Crippen LogP contribution in [0.5, 0.6) is 0 Å². The summed E-state index contributed by atoms with van der Waals surface area (Å²) in [6.07, 6.45) is -0.364. The monoisotopic (exact) mass is 262 g/mol. The van der Waals surface area contributed by atoms with Crippen molar-refractivity contribution in [2.45, 2.75) is 38.8 Å². The zero-order valence-electron chi connectivity index (χ0n) is 9.57. The largest absolute Gasteiger partial charge is 0.417 e. The SMILES string of the molecule is Cc1cc(CCC2CC2)c(Cl)c(C(F)(F)F)c1. The van der Waals surface area contributed by atoms with Crippen molar-refractivity contribution in [2.75, 3.05) is 0 Å². The number of hydrogen-bond acceptors (Lipinski definition) is 0. The Bertz CT molecular complexity index is 419. The molecule has 0 saturated heterocycles. The van der Waals surface area contributed by atoms with Gasteiger partial charge in [0.15, 0.2) is 0 Å². The molecule has 0 bridgehead atoms. The van der Waals surface area contributed by atoms with Gasteiger partial charge in [0.1, 0.15) is 0 Å². The van der Waals surface area contributed by atoms with Crippen LogP contribution in [0.3, 0.4) is 0 Å². The van der Waals surface area contributed by atoms with E-state index in [2.05, 4.69) is 0 Å². The summed E-state index contributed by atoms with van der Waals surface area (Å²) in [5.74, 6) is 0.695. The molecule has 4 heteroatoms. The highest BCUT2D eigenvalue weighted by molar-refractivity contribution is 6.32. The molecule has 1 aliphatic rings. The van der Waals surface area contributed by atoms with Gasteiger partial charge in [-0.25, -0.2) is 0 Å². The quantitative estimate of drug-likeness (QED) is 0.718. The van der Waals surface area contributed by atoms with Crippen LogP contribution in [0.4, 0.5) is 13.2 Å². The first-order chi connectivity index (χ1) is 7.88. The second kappa shape index (κ2) is 4.52. The van der Waals surface area contributed by atoms with Gasteiger partial charge in [0.05, 0.1) is 10.6 Å². The Labute approximate surface area is 104 Å². The third kappa shape index (κ3) is 3.15. The Morgan fingerprint density at radius 2 is 1.94 bits per heavy atom. The first-order valence-electron chi connectivity index (χ1n) is 5.74. The third-order valence-corrected chi connectivity index (χ3v) is 3.56. The van der Waals surface area contributed by atoms with Crippen molar-refractivity contribution in [2.24, 2.45) is 5.92 Å². The number of alkyl halides is 3. The predicted molar refractivity (Wildman–Crippen MR) is 62.2 cm³/mol. The van der Waals surface area contributed by atoms with E-state index in [1.165, 1.54) is 12.8 Å². The van der Waals surface area contributed by atoms with Crippen molar-refractivity contribution in [3.63, 3.8) is 0 Å². The van der Waals surface area contributed by atoms with Gasteiger partial charge in [-0.05, 0) is 37.3 Å². The summed E-state index contributed by atoms with van der Waals surface area (Å²) in [5.41, 5.74) is 0.545. The highest BCUT2D eigenvalue weighted by atomic mass is 35.5. The van der Waals surface area contributed by atoms with E-state index in [0.29, 0.717) is 23.5 Å². The summed E-state index contributed by atoms with van der Waals surface area (Å²) >= 11 is 5.85. The molecule has 1 saturated carbocycles. The van der Waals surface area contributed by atoms with Crippen LogP contribution in [-0.2, 0) is 12.6 Å². The second-order valence-corrected chi connectivity index (χ2v) is 5.14. The van der Waals surface area contributed by atoms with Crippen molar-refractivity contribution >= 4 is 11.6 Å². The van der Waals surface area contributed by atoms with Gasteiger partial charge < -0.3 is 0 Å². The molecule has 0 heterocycles. The van der Waals surface area contributed by atoms with E-state index >= 15 is 0 Å². The van der Waals surface area contributed by atoms with Crippen LogP contribution in [0, 0.1) is 12.8 Å². The van der Waals surface area contributed by atoms with E-state index in [1.54, 1.807) is 13.0 Å². The maximum Gasteiger partial charge on any atom is 0.417 e. The summed E-state index contributed by atoms with van der Waals surface area (Å²) in [6, 6.07) is 2.88. The second-order valence-electron chi connectivity index (χ2n) is 4.77. The number of rotatable bonds is 3. The first kappa shape index (κ1) is 12.7. The van der Waals surface area contributed by atoms with E-state index in [9.17, 15) is 13.2 Å². The number of hydrogen-bond donors (Lipinski definition) is 0. The maximum absolute atomic E-state index is 12.7. The van der Waals surface area contributed by atoms with Crippen LogP contribution >= 0.6 is 11.6 Å². The highest BCUT2D eigenvalue weighted by Gasteiger charge is 2.34. The molecule has 2 rings (SSSR count). The fourth-order valence-corrected chi connectivity index (χ4v) is 2.31. The van der Waals surface area contributed by atoms with Gasteiger partial charge in [-0.15, -0.1) is 0 Å². The van der Waals surface area contributed by atoms with Crippen molar-refractivity contribution in [1.29, 1.82) is 0 Å². The normalized spacial score (nSPS) is 16.3. The van der Waals surface area contributed by atoms with Crippen LogP contribution in [-0.4, -0.2) is 0 Å². The van der Waals surface area contributed by atoms with Gasteiger partial charge in [-0.3, -0.25) is 0 Å². The van der Waals surface area contributed by atoms with E-state index in [0.717, 1.165) is 12.5 Å². The van der Waals surface area contributed by atoms with Crippen molar-refractivity contribution < 1.29 is 13.2 Å². The van der Waals surface area contributed by atoms with E-state index in [-0.39, 0.29) is 5.02 Å².